The van der Waals surface area contributed by atoms with Crippen molar-refractivity contribution < 1.29 is 14.3 Å². The second-order valence-electron chi connectivity index (χ2n) is 3.14. The van der Waals surface area contributed by atoms with Gasteiger partial charge in [0.2, 0.25) is 0 Å². The van der Waals surface area contributed by atoms with Gasteiger partial charge in [-0.2, -0.15) is 0 Å². The Labute approximate surface area is 99.5 Å². The molecule has 0 saturated carbocycles. The molecule has 0 aliphatic heterocycles. The third-order valence-electron chi connectivity index (χ3n) is 2.03. The van der Waals surface area contributed by atoms with Crippen LogP contribution in [0.25, 0.3) is 0 Å². The predicted octanol–water partition coefficient (Wildman–Crippen LogP) is 0.938. The Hall–Kier alpha value is -1.40. The normalized spacial score (nSPS) is 9.81. The lowest BCUT2D eigenvalue weighted by molar-refractivity contribution is 0.0791. The lowest BCUT2D eigenvalue weighted by atomic mass is 10.1. The van der Waals surface area contributed by atoms with Crippen molar-refractivity contribution in [3.05, 3.63) is 17.7 Å². The minimum atomic E-state index is -0.369. The zero-order valence-corrected chi connectivity index (χ0v) is 10.2. The molecule has 1 rings (SSSR count). The van der Waals surface area contributed by atoms with E-state index in [0.717, 1.165) is 5.01 Å². The van der Waals surface area contributed by atoms with Crippen LogP contribution in [-0.4, -0.2) is 32.2 Å². The highest BCUT2D eigenvalue weighted by Crippen LogP contribution is 2.32. The second kappa shape index (κ2) is 5.09. The molecule has 0 heterocycles. The number of methoxy groups -OCH3 is 2. The fourth-order valence-corrected chi connectivity index (χ4v) is 1.61. The van der Waals surface area contributed by atoms with Gasteiger partial charge >= 0.3 is 0 Å². The van der Waals surface area contributed by atoms with Crippen LogP contribution in [0.2, 0.25) is 0 Å². The van der Waals surface area contributed by atoms with Gasteiger partial charge < -0.3 is 9.47 Å². The molecule has 1 aromatic carbocycles. The van der Waals surface area contributed by atoms with E-state index in [-0.39, 0.29) is 5.91 Å². The van der Waals surface area contributed by atoms with E-state index < -0.39 is 0 Å². The first-order valence-electron chi connectivity index (χ1n) is 4.49. The van der Waals surface area contributed by atoms with Gasteiger partial charge in [0.05, 0.1) is 24.7 Å². The van der Waals surface area contributed by atoms with Gasteiger partial charge in [0.15, 0.2) is 0 Å². The Balaban J connectivity index is 3.33. The van der Waals surface area contributed by atoms with Crippen LogP contribution in [0.4, 0.5) is 0 Å². The lowest BCUT2D eigenvalue weighted by Crippen LogP contribution is -2.33. The van der Waals surface area contributed by atoms with Crippen LogP contribution in [0.15, 0.2) is 17.0 Å². The van der Waals surface area contributed by atoms with Crippen molar-refractivity contribution in [2.24, 2.45) is 5.84 Å². The van der Waals surface area contributed by atoms with Crippen molar-refractivity contribution in [2.45, 2.75) is 4.90 Å². The number of hydrazine groups is 1. The molecule has 1 amide bonds. The van der Waals surface area contributed by atoms with Gasteiger partial charge in [0.25, 0.3) is 5.91 Å². The number of nitrogens with zero attached hydrogens (tertiary/aromatic N) is 1. The Morgan fingerprint density at radius 3 is 2.44 bits per heavy atom. The topological polar surface area (TPSA) is 64.8 Å². The summed E-state index contributed by atoms with van der Waals surface area (Å²) in [5.74, 6) is 5.93. The molecular weight excluding hydrogens is 228 g/mol. The Bertz CT molecular complexity index is 407. The Kier molecular flexibility index (Phi) is 4.03. The molecule has 0 atom stereocenters. The average Bonchev–Trinajstić information content (AvgIpc) is 2.26. The van der Waals surface area contributed by atoms with Crippen LogP contribution < -0.4 is 15.3 Å². The monoisotopic (exact) mass is 242 g/mol. The van der Waals surface area contributed by atoms with Crippen LogP contribution in [-0.2, 0) is 0 Å². The first-order chi connectivity index (χ1) is 7.51. The number of rotatable bonds is 3. The van der Waals surface area contributed by atoms with Crippen LogP contribution in [0, 0.1) is 0 Å². The van der Waals surface area contributed by atoms with Crippen LogP contribution in [0.3, 0.4) is 0 Å². The Morgan fingerprint density at radius 2 is 2.00 bits per heavy atom. The summed E-state index contributed by atoms with van der Waals surface area (Å²) < 4.78 is 10.2. The van der Waals surface area contributed by atoms with Gasteiger partial charge in [-0.15, -0.1) is 12.6 Å². The molecule has 0 aliphatic carbocycles. The molecule has 0 spiro atoms. The molecule has 0 radical (unpaired) electrons. The highest BCUT2D eigenvalue weighted by molar-refractivity contribution is 7.80. The van der Waals surface area contributed by atoms with Crippen molar-refractivity contribution in [1.29, 1.82) is 0 Å². The summed E-state index contributed by atoms with van der Waals surface area (Å²) in [5, 5.41) is 0.977. The number of thiol groups is 1. The standard InChI is InChI=1S/C10H14N2O3S/c1-12(11)10(13)7-4-6(14-2)5-8(16)9(7)15-3/h4-5,16H,11H2,1-3H3. The fraction of sp³-hybridized carbons (Fsp3) is 0.300. The molecule has 88 valence electrons. The second-order valence-corrected chi connectivity index (χ2v) is 3.63. The van der Waals surface area contributed by atoms with Crippen molar-refractivity contribution >= 4 is 18.5 Å². The highest BCUT2D eigenvalue weighted by Gasteiger charge is 2.18. The predicted molar refractivity (Wildman–Crippen MR) is 63.1 cm³/mol. The molecule has 0 unspecified atom stereocenters. The molecule has 0 aliphatic rings. The summed E-state index contributed by atoms with van der Waals surface area (Å²) in [4.78, 5) is 12.3. The van der Waals surface area contributed by atoms with Gasteiger partial charge in [-0.05, 0) is 12.1 Å². The lowest BCUT2D eigenvalue weighted by Gasteiger charge is -2.15. The summed E-state index contributed by atoms with van der Waals surface area (Å²) in [6, 6.07) is 3.22. The number of benzene rings is 1. The highest BCUT2D eigenvalue weighted by atomic mass is 32.1. The summed E-state index contributed by atoms with van der Waals surface area (Å²) in [6.45, 7) is 0. The minimum absolute atomic E-state index is 0.317. The zero-order chi connectivity index (χ0) is 12.3. The number of carbonyl (C=O) groups is 1. The van der Waals surface area contributed by atoms with E-state index in [1.807, 2.05) is 0 Å². The molecule has 6 heteroatoms. The number of hydrogen-bond donors (Lipinski definition) is 2. The maximum atomic E-state index is 11.8. The van der Waals surface area contributed by atoms with Gasteiger partial charge in [0, 0.05) is 7.05 Å². The first-order valence-corrected chi connectivity index (χ1v) is 4.93. The molecule has 0 aromatic heterocycles. The molecule has 1 aromatic rings. The van der Waals surface area contributed by atoms with Crippen LogP contribution in [0.5, 0.6) is 11.5 Å². The van der Waals surface area contributed by atoms with Gasteiger partial charge in [-0.3, -0.25) is 9.80 Å². The van der Waals surface area contributed by atoms with E-state index in [1.165, 1.54) is 21.3 Å². The summed E-state index contributed by atoms with van der Waals surface area (Å²) in [7, 11) is 4.43. The van der Waals surface area contributed by atoms with E-state index in [9.17, 15) is 4.79 Å². The Morgan fingerprint density at radius 1 is 1.38 bits per heavy atom. The van der Waals surface area contributed by atoms with Crippen LogP contribution >= 0.6 is 12.6 Å². The van der Waals surface area contributed by atoms with Crippen LogP contribution in [0.1, 0.15) is 10.4 Å². The molecule has 0 saturated heterocycles. The van der Waals surface area contributed by atoms with Crippen molar-refractivity contribution in [2.75, 3.05) is 21.3 Å². The van der Waals surface area contributed by atoms with Gasteiger partial charge in [-0.1, -0.05) is 0 Å². The number of nitrogens with two attached hydrogens (primary N) is 1. The quantitative estimate of drug-likeness (QED) is 0.358. The number of hydrogen-bond acceptors (Lipinski definition) is 5. The molecule has 5 nitrogen and oxygen atoms in total. The van der Waals surface area contributed by atoms with E-state index in [1.54, 1.807) is 12.1 Å². The maximum absolute atomic E-state index is 11.8. The van der Waals surface area contributed by atoms with E-state index >= 15 is 0 Å². The maximum Gasteiger partial charge on any atom is 0.271 e. The average molecular weight is 242 g/mol. The van der Waals surface area contributed by atoms with E-state index in [0.29, 0.717) is 22.0 Å². The SMILES string of the molecule is COc1cc(S)c(OC)c(C(=O)N(C)N)c1. The number of ether oxygens (including phenoxy) is 2. The summed E-state index contributed by atoms with van der Waals surface area (Å²) >= 11 is 4.22. The fourth-order valence-electron chi connectivity index (χ4n) is 1.27. The van der Waals surface area contributed by atoms with Gasteiger partial charge in [0.1, 0.15) is 11.5 Å². The zero-order valence-electron chi connectivity index (χ0n) is 9.35. The summed E-state index contributed by atoms with van der Waals surface area (Å²) in [6.07, 6.45) is 0. The molecule has 16 heavy (non-hydrogen) atoms. The molecular formula is C10H14N2O3S. The third kappa shape index (κ3) is 2.40. The van der Waals surface area contributed by atoms with Crippen molar-refractivity contribution in [3.63, 3.8) is 0 Å². The molecule has 0 fully saturated rings. The number of carbonyl (C=O) groups excluding carboxylic acids is 1. The molecule has 2 N–H and O–H groups in total. The van der Waals surface area contributed by atoms with Crippen molar-refractivity contribution in [1.82, 2.24) is 5.01 Å². The third-order valence-corrected chi connectivity index (χ3v) is 2.37. The number of amides is 1. The largest absolute Gasteiger partial charge is 0.497 e. The first kappa shape index (κ1) is 12.7. The van der Waals surface area contributed by atoms with E-state index in [2.05, 4.69) is 12.6 Å². The minimum Gasteiger partial charge on any atom is -0.497 e. The molecule has 0 bridgehead atoms. The van der Waals surface area contributed by atoms with Crippen molar-refractivity contribution in [3.8, 4) is 11.5 Å². The summed E-state index contributed by atoms with van der Waals surface area (Å²) in [5.41, 5.74) is 0.317. The van der Waals surface area contributed by atoms with E-state index in [4.69, 9.17) is 15.3 Å². The van der Waals surface area contributed by atoms with Gasteiger partial charge in [-0.25, -0.2) is 5.84 Å². The smallest absolute Gasteiger partial charge is 0.271 e.